The zero-order valence-electron chi connectivity index (χ0n) is 17.6. The lowest BCUT2D eigenvalue weighted by Gasteiger charge is -2.26. The van der Waals surface area contributed by atoms with Crippen molar-refractivity contribution < 1.29 is 13.9 Å². The average Bonchev–Trinajstić information content (AvgIpc) is 3.22. The summed E-state index contributed by atoms with van der Waals surface area (Å²) in [6.07, 6.45) is 0. The molecule has 30 heavy (non-hydrogen) atoms. The average molecular weight is 408 g/mol. The molecule has 6 heteroatoms. The molecule has 0 aliphatic carbocycles. The van der Waals surface area contributed by atoms with Crippen molar-refractivity contribution in [2.75, 3.05) is 33.4 Å². The van der Waals surface area contributed by atoms with Gasteiger partial charge in [0, 0.05) is 38.6 Å². The van der Waals surface area contributed by atoms with Crippen molar-refractivity contribution in [1.29, 1.82) is 0 Å². The second-order valence-corrected chi connectivity index (χ2v) is 7.84. The Kier molecular flexibility index (Phi) is 6.35. The Balaban J connectivity index is 1.29. The van der Waals surface area contributed by atoms with E-state index in [1.165, 1.54) is 5.56 Å². The van der Waals surface area contributed by atoms with Gasteiger partial charge in [-0.1, -0.05) is 42.5 Å². The van der Waals surface area contributed by atoms with Crippen molar-refractivity contribution >= 4 is 17.0 Å². The maximum atomic E-state index is 12.6. The number of nitrogens with zero attached hydrogens (tertiary/aromatic N) is 2. The van der Waals surface area contributed by atoms with Gasteiger partial charge in [0.15, 0.2) is 0 Å². The molecule has 1 atom stereocenters. The maximum absolute atomic E-state index is 12.6. The van der Waals surface area contributed by atoms with Gasteiger partial charge < -0.3 is 19.4 Å². The molecule has 0 saturated carbocycles. The van der Waals surface area contributed by atoms with Crippen LogP contribution in [0.1, 0.15) is 29.9 Å². The van der Waals surface area contributed by atoms with Gasteiger partial charge in [0.25, 0.3) is 0 Å². The second-order valence-electron chi connectivity index (χ2n) is 7.84. The molecule has 1 aliphatic heterocycles. The van der Waals surface area contributed by atoms with E-state index in [0.717, 1.165) is 55.1 Å². The molecule has 4 rings (SSSR count). The summed E-state index contributed by atoms with van der Waals surface area (Å²) < 4.78 is 11.3. The zero-order chi connectivity index (χ0) is 20.9. The largest absolute Gasteiger partial charge is 0.459 e. The summed E-state index contributed by atoms with van der Waals surface area (Å²) in [7, 11) is 1.79. The number of hydrogen-bond acceptors (Lipinski definition) is 4. The van der Waals surface area contributed by atoms with Crippen molar-refractivity contribution in [1.82, 2.24) is 15.1 Å². The Bertz CT molecular complexity index is 944. The van der Waals surface area contributed by atoms with E-state index in [1.54, 1.807) is 11.9 Å². The van der Waals surface area contributed by atoms with E-state index < -0.39 is 0 Å². The molecule has 1 fully saturated rings. The summed E-state index contributed by atoms with van der Waals surface area (Å²) in [6.45, 7) is 6.98. The quantitative estimate of drug-likeness (QED) is 0.666. The number of ether oxygens (including phenoxy) is 1. The highest BCUT2D eigenvalue weighted by molar-refractivity contribution is 5.78. The predicted octanol–water partition coefficient (Wildman–Crippen LogP) is 4.17. The first-order chi connectivity index (χ1) is 14.6. The topological polar surface area (TPSA) is 58.0 Å². The van der Waals surface area contributed by atoms with E-state index >= 15 is 0 Å². The van der Waals surface area contributed by atoms with Crippen LogP contribution in [-0.4, -0.2) is 49.2 Å². The van der Waals surface area contributed by atoms with Crippen LogP contribution < -0.4 is 5.32 Å². The van der Waals surface area contributed by atoms with E-state index in [-0.39, 0.29) is 12.1 Å². The van der Waals surface area contributed by atoms with Crippen molar-refractivity contribution in [2.45, 2.75) is 26.1 Å². The lowest BCUT2D eigenvalue weighted by molar-refractivity contribution is 0.0342. The third-order valence-corrected chi connectivity index (χ3v) is 5.73. The third kappa shape index (κ3) is 4.83. The van der Waals surface area contributed by atoms with Gasteiger partial charge in [-0.3, -0.25) is 4.90 Å². The smallest absolute Gasteiger partial charge is 0.318 e. The minimum Gasteiger partial charge on any atom is -0.459 e. The molecular weight excluding hydrogens is 378 g/mol. The van der Waals surface area contributed by atoms with E-state index in [0.29, 0.717) is 6.54 Å². The Morgan fingerprint density at radius 1 is 1.10 bits per heavy atom. The highest BCUT2D eigenvalue weighted by Gasteiger charge is 2.20. The summed E-state index contributed by atoms with van der Waals surface area (Å²) in [5, 5.41) is 4.05. The fourth-order valence-electron chi connectivity index (χ4n) is 3.66. The van der Waals surface area contributed by atoms with Crippen molar-refractivity contribution in [3.63, 3.8) is 0 Å². The van der Waals surface area contributed by atoms with Gasteiger partial charge in [0.2, 0.25) is 0 Å². The number of amides is 2. The van der Waals surface area contributed by atoms with Crippen LogP contribution in [0.25, 0.3) is 11.0 Å². The maximum Gasteiger partial charge on any atom is 0.318 e. The number of furan rings is 1. The van der Waals surface area contributed by atoms with Gasteiger partial charge in [-0.15, -0.1) is 0 Å². The van der Waals surface area contributed by atoms with Crippen molar-refractivity contribution in [3.05, 3.63) is 71.5 Å². The number of morpholine rings is 1. The van der Waals surface area contributed by atoms with Crippen LogP contribution in [0.15, 0.2) is 59.0 Å². The van der Waals surface area contributed by atoms with Crippen molar-refractivity contribution in [3.8, 4) is 0 Å². The van der Waals surface area contributed by atoms with Gasteiger partial charge in [-0.25, -0.2) is 4.79 Å². The van der Waals surface area contributed by atoms with Gasteiger partial charge in [0.1, 0.15) is 11.3 Å². The number of urea groups is 1. The number of carbonyl (C=O) groups is 1. The molecule has 0 unspecified atom stereocenters. The number of hydrogen-bond donors (Lipinski definition) is 1. The summed E-state index contributed by atoms with van der Waals surface area (Å²) in [5.74, 6) is 0.779. The molecule has 0 radical (unpaired) electrons. The Morgan fingerprint density at radius 3 is 2.53 bits per heavy atom. The van der Waals surface area contributed by atoms with E-state index in [4.69, 9.17) is 9.15 Å². The Hall–Kier alpha value is -2.83. The van der Waals surface area contributed by atoms with Crippen LogP contribution in [0, 0.1) is 0 Å². The van der Waals surface area contributed by atoms with Crippen LogP contribution in [-0.2, 0) is 17.8 Å². The standard InChI is InChI=1S/C24H29N3O3/c1-18(23-15-21-5-3-4-6-22(21)30-23)26(2)24(28)25-16-19-7-9-20(10-8-19)17-27-11-13-29-14-12-27/h3-10,15,18H,11-14,16-17H2,1-2H3,(H,25,28)/t18-/m0/s1. The first-order valence-corrected chi connectivity index (χ1v) is 10.5. The molecule has 2 heterocycles. The minimum absolute atomic E-state index is 0.125. The molecule has 2 aromatic carbocycles. The lowest BCUT2D eigenvalue weighted by Crippen LogP contribution is -2.38. The summed E-state index contributed by atoms with van der Waals surface area (Å²) >= 11 is 0. The summed E-state index contributed by atoms with van der Waals surface area (Å²) in [4.78, 5) is 16.7. The Labute approximate surface area is 177 Å². The molecule has 1 aliphatic rings. The lowest BCUT2D eigenvalue weighted by atomic mass is 10.1. The van der Waals surface area contributed by atoms with Gasteiger partial charge in [0.05, 0.1) is 19.3 Å². The molecule has 0 spiro atoms. The number of para-hydroxylation sites is 1. The summed E-state index contributed by atoms with van der Waals surface area (Å²) in [6, 6.07) is 18.0. The van der Waals surface area contributed by atoms with E-state index in [2.05, 4.69) is 34.5 Å². The van der Waals surface area contributed by atoms with Gasteiger partial charge in [-0.2, -0.15) is 0 Å². The molecule has 3 aromatic rings. The summed E-state index contributed by atoms with van der Waals surface area (Å²) in [5.41, 5.74) is 3.20. The van der Waals surface area contributed by atoms with E-state index in [1.807, 2.05) is 37.3 Å². The minimum atomic E-state index is -0.159. The zero-order valence-corrected chi connectivity index (χ0v) is 17.6. The SMILES string of the molecule is C[C@@H](c1cc2ccccc2o1)N(C)C(=O)NCc1ccc(CN2CCOCC2)cc1. The number of rotatable bonds is 6. The van der Waals surface area contributed by atoms with Gasteiger partial charge >= 0.3 is 6.03 Å². The first kappa shape index (κ1) is 20.4. The number of nitrogens with one attached hydrogen (secondary N) is 1. The third-order valence-electron chi connectivity index (χ3n) is 5.73. The monoisotopic (exact) mass is 407 g/mol. The van der Waals surface area contributed by atoms with Gasteiger partial charge in [-0.05, 0) is 30.2 Å². The second kappa shape index (κ2) is 9.32. The molecular formula is C24H29N3O3. The fourth-order valence-corrected chi connectivity index (χ4v) is 3.66. The van der Waals surface area contributed by atoms with Crippen LogP contribution in [0.2, 0.25) is 0 Å². The number of carbonyl (C=O) groups excluding carboxylic acids is 1. The number of fused-ring (bicyclic) bond motifs is 1. The molecule has 158 valence electrons. The Morgan fingerprint density at radius 2 is 1.80 bits per heavy atom. The van der Waals surface area contributed by atoms with Crippen LogP contribution in [0.4, 0.5) is 4.79 Å². The highest BCUT2D eigenvalue weighted by atomic mass is 16.5. The molecule has 2 amide bonds. The molecule has 1 saturated heterocycles. The highest BCUT2D eigenvalue weighted by Crippen LogP contribution is 2.26. The predicted molar refractivity (Wildman–Crippen MR) is 117 cm³/mol. The van der Waals surface area contributed by atoms with Crippen LogP contribution in [0.3, 0.4) is 0 Å². The molecule has 1 aromatic heterocycles. The van der Waals surface area contributed by atoms with Crippen molar-refractivity contribution in [2.24, 2.45) is 0 Å². The van der Waals surface area contributed by atoms with Crippen LogP contribution >= 0.6 is 0 Å². The van der Waals surface area contributed by atoms with E-state index in [9.17, 15) is 4.79 Å². The normalized spacial score (nSPS) is 15.8. The fraction of sp³-hybridized carbons (Fsp3) is 0.375. The molecule has 6 nitrogen and oxygen atoms in total. The first-order valence-electron chi connectivity index (χ1n) is 10.5. The molecule has 0 bridgehead atoms. The molecule has 1 N–H and O–H groups in total. The van der Waals surface area contributed by atoms with Crippen LogP contribution in [0.5, 0.6) is 0 Å². The number of benzene rings is 2.